The van der Waals surface area contributed by atoms with Crippen molar-refractivity contribution in [3.05, 3.63) is 49.1 Å². The molecular formula is C12H17N3. The van der Waals surface area contributed by atoms with Crippen LogP contribution in [0.1, 0.15) is 6.92 Å². The van der Waals surface area contributed by atoms with Gasteiger partial charge in [-0.15, -0.1) is 0 Å². The molecule has 3 heteroatoms. The topological polar surface area (TPSA) is 13.1 Å². The Kier molecular flexibility index (Phi) is 3.25. The number of aromatic nitrogens is 2. The Morgan fingerprint density at radius 2 is 1.20 bits per heavy atom. The molecule has 0 aliphatic rings. The molecule has 0 fully saturated rings. The monoisotopic (exact) mass is 203 g/mol. The quantitative estimate of drug-likeness (QED) is 0.726. The standard InChI is InChI=1S/C12H17N3/c1-2-13(11-14-7-3-4-8-14)12-15-9-5-6-10-15/h3-10H,2,11-12H2,1H3. The Hall–Kier alpha value is -1.48. The summed E-state index contributed by atoms with van der Waals surface area (Å²) in [5.41, 5.74) is 0. The minimum absolute atomic E-state index is 0.946. The number of hydrogen-bond donors (Lipinski definition) is 0. The van der Waals surface area contributed by atoms with E-state index in [0.717, 1.165) is 19.9 Å². The third-order valence-electron chi connectivity index (χ3n) is 2.51. The van der Waals surface area contributed by atoms with Gasteiger partial charge in [0.05, 0.1) is 13.3 Å². The van der Waals surface area contributed by atoms with Crippen LogP contribution in [0.25, 0.3) is 0 Å². The van der Waals surface area contributed by atoms with Crippen LogP contribution in [-0.4, -0.2) is 20.6 Å². The second-order valence-electron chi connectivity index (χ2n) is 3.66. The van der Waals surface area contributed by atoms with Crippen molar-refractivity contribution in [1.82, 2.24) is 14.0 Å². The highest BCUT2D eigenvalue weighted by molar-refractivity contribution is 4.91. The lowest BCUT2D eigenvalue weighted by atomic mass is 10.6. The average molecular weight is 203 g/mol. The Morgan fingerprint density at radius 3 is 1.53 bits per heavy atom. The Morgan fingerprint density at radius 1 is 0.800 bits per heavy atom. The zero-order valence-electron chi connectivity index (χ0n) is 9.08. The van der Waals surface area contributed by atoms with E-state index in [9.17, 15) is 0 Å². The van der Waals surface area contributed by atoms with Gasteiger partial charge in [0.1, 0.15) is 0 Å². The van der Waals surface area contributed by atoms with Gasteiger partial charge in [-0.05, 0) is 30.8 Å². The molecule has 0 saturated heterocycles. The predicted octanol–water partition coefficient (Wildman–Crippen LogP) is 2.23. The van der Waals surface area contributed by atoms with Crippen LogP contribution in [0.2, 0.25) is 0 Å². The van der Waals surface area contributed by atoms with E-state index in [0.29, 0.717) is 0 Å². The molecule has 2 aromatic heterocycles. The minimum atomic E-state index is 0.946. The van der Waals surface area contributed by atoms with E-state index in [-0.39, 0.29) is 0 Å². The van der Waals surface area contributed by atoms with Gasteiger partial charge in [0.2, 0.25) is 0 Å². The molecule has 2 aromatic rings. The van der Waals surface area contributed by atoms with Crippen molar-refractivity contribution in [3.8, 4) is 0 Å². The van der Waals surface area contributed by atoms with E-state index in [1.54, 1.807) is 0 Å². The van der Waals surface area contributed by atoms with E-state index >= 15 is 0 Å². The van der Waals surface area contributed by atoms with Gasteiger partial charge >= 0.3 is 0 Å². The van der Waals surface area contributed by atoms with Crippen LogP contribution in [0.15, 0.2) is 49.1 Å². The van der Waals surface area contributed by atoms with Crippen molar-refractivity contribution in [1.29, 1.82) is 0 Å². The van der Waals surface area contributed by atoms with E-state index in [4.69, 9.17) is 0 Å². The average Bonchev–Trinajstić information content (AvgIpc) is 2.89. The molecule has 0 radical (unpaired) electrons. The van der Waals surface area contributed by atoms with Crippen LogP contribution in [0.3, 0.4) is 0 Å². The molecule has 15 heavy (non-hydrogen) atoms. The lowest BCUT2D eigenvalue weighted by molar-refractivity contribution is 0.180. The maximum atomic E-state index is 2.38. The van der Waals surface area contributed by atoms with E-state index in [1.165, 1.54) is 0 Å². The molecule has 0 bridgehead atoms. The zero-order chi connectivity index (χ0) is 10.5. The number of rotatable bonds is 5. The largest absolute Gasteiger partial charge is 0.341 e. The maximum absolute atomic E-state index is 2.38. The first-order chi connectivity index (χ1) is 7.38. The molecule has 0 aromatic carbocycles. The third-order valence-corrected chi connectivity index (χ3v) is 2.51. The molecule has 0 saturated carbocycles. The summed E-state index contributed by atoms with van der Waals surface area (Å²) in [5.74, 6) is 0. The Balaban J connectivity index is 1.93. The lowest BCUT2D eigenvalue weighted by Gasteiger charge is -2.21. The fraction of sp³-hybridized carbons (Fsp3) is 0.333. The molecule has 0 atom stereocenters. The van der Waals surface area contributed by atoms with Crippen molar-refractivity contribution in [2.75, 3.05) is 6.54 Å². The van der Waals surface area contributed by atoms with E-state index in [2.05, 4.69) is 70.0 Å². The SMILES string of the molecule is CCN(Cn1cccc1)Cn1cccc1. The molecule has 0 aliphatic heterocycles. The summed E-state index contributed by atoms with van der Waals surface area (Å²) in [4.78, 5) is 2.38. The molecule has 2 rings (SSSR count). The second-order valence-corrected chi connectivity index (χ2v) is 3.66. The van der Waals surface area contributed by atoms with Gasteiger partial charge in [-0.25, -0.2) is 0 Å². The first kappa shape index (κ1) is 10.1. The number of nitrogens with zero attached hydrogens (tertiary/aromatic N) is 3. The van der Waals surface area contributed by atoms with Crippen molar-refractivity contribution in [3.63, 3.8) is 0 Å². The highest BCUT2D eigenvalue weighted by atomic mass is 15.3. The molecule has 80 valence electrons. The van der Waals surface area contributed by atoms with Crippen LogP contribution in [0.5, 0.6) is 0 Å². The first-order valence-electron chi connectivity index (χ1n) is 5.32. The summed E-state index contributed by atoms with van der Waals surface area (Å²) < 4.78 is 4.38. The maximum Gasteiger partial charge on any atom is 0.0759 e. The molecule has 2 heterocycles. The van der Waals surface area contributed by atoms with E-state index in [1.807, 2.05) is 0 Å². The zero-order valence-corrected chi connectivity index (χ0v) is 9.08. The lowest BCUT2D eigenvalue weighted by Crippen LogP contribution is -2.27. The number of hydrogen-bond acceptors (Lipinski definition) is 1. The Labute approximate surface area is 90.5 Å². The van der Waals surface area contributed by atoms with E-state index < -0.39 is 0 Å². The highest BCUT2D eigenvalue weighted by Crippen LogP contribution is 2.00. The van der Waals surface area contributed by atoms with Crippen molar-refractivity contribution in [2.45, 2.75) is 20.3 Å². The van der Waals surface area contributed by atoms with Gasteiger partial charge in [-0.3, -0.25) is 4.90 Å². The van der Waals surface area contributed by atoms with Gasteiger partial charge in [-0.1, -0.05) is 6.92 Å². The fourth-order valence-corrected chi connectivity index (χ4v) is 1.64. The van der Waals surface area contributed by atoms with Crippen LogP contribution in [0, 0.1) is 0 Å². The highest BCUT2D eigenvalue weighted by Gasteiger charge is 2.02. The van der Waals surface area contributed by atoms with Gasteiger partial charge in [0.15, 0.2) is 0 Å². The van der Waals surface area contributed by atoms with Gasteiger partial charge < -0.3 is 9.13 Å². The molecule has 0 amide bonds. The van der Waals surface area contributed by atoms with Crippen LogP contribution >= 0.6 is 0 Å². The Bertz CT molecular complexity index is 325. The van der Waals surface area contributed by atoms with Crippen LogP contribution in [0.4, 0.5) is 0 Å². The fourth-order valence-electron chi connectivity index (χ4n) is 1.64. The molecular weight excluding hydrogens is 186 g/mol. The minimum Gasteiger partial charge on any atom is -0.341 e. The van der Waals surface area contributed by atoms with Crippen molar-refractivity contribution in [2.24, 2.45) is 0 Å². The molecule has 0 aliphatic carbocycles. The van der Waals surface area contributed by atoms with Crippen molar-refractivity contribution < 1.29 is 0 Å². The van der Waals surface area contributed by atoms with Crippen LogP contribution < -0.4 is 0 Å². The summed E-state index contributed by atoms with van der Waals surface area (Å²) in [7, 11) is 0. The molecule has 0 spiro atoms. The smallest absolute Gasteiger partial charge is 0.0759 e. The summed E-state index contributed by atoms with van der Waals surface area (Å²) in [5, 5.41) is 0. The van der Waals surface area contributed by atoms with Crippen LogP contribution in [-0.2, 0) is 13.3 Å². The summed E-state index contributed by atoms with van der Waals surface area (Å²) in [6.45, 7) is 5.13. The van der Waals surface area contributed by atoms with Gasteiger partial charge in [-0.2, -0.15) is 0 Å². The summed E-state index contributed by atoms with van der Waals surface area (Å²) in [6.07, 6.45) is 8.38. The molecule has 0 N–H and O–H groups in total. The molecule has 3 nitrogen and oxygen atoms in total. The summed E-state index contributed by atoms with van der Waals surface area (Å²) in [6, 6.07) is 8.24. The second kappa shape index (κ2) is 4.84. The van der Waals surface area contributed by atoms with Gasteiger partial charge in [0.25, 0.3) is 0 Å². The first-order valence-corrected chi connectivity index (χ1v) is 5.32. The predicted molar refractivity (Wildman–Crippen MR) is 61.2 cm³/mol. The normalized spacial score (nSPS) is 11.1. The summed E-state index contributed by atoms with van der Waals surface area (Å²) >= 11 is 0. The van der Waals surface area contributed by atoms with Gasteiger partial charge in [0, 0.05) is 24.8 Å². The third kappa shape index (κ3) is 2.73. The molecule has 0 unspecified atom stereocenters. The van der Waals surface area contributed by atoms with Crippen molar-refractivity contribution >= 4 is 0 Å².